The van der Waals surface area contributed by atoms with Crippen LogP contribution in [-0.2, 0) is 17.6 Å². The van der Waals surface area contributed by atoms with Crippen LogP contribution in [0.2, 0.25) is 0 Å². The normalized spacial score (nSPS) is 10.7. The van der Waals surface area contributed by atoms with Crippen LogP contribution in [0.3, 0.4) is 0 Å². The molecule has 0 bridgehead atoms. The second kappa shape index (κ2) is 13.8. The van der Waals surface area contributed by atoms with Crippen LogP contribution in [0.5, 0.6) is 5.75 Å². The predicted octanol–water partition coefficient (Wildman–Crippen LogP) is 3.03. The molecule has 0 spiro atoms. The van der Waals surface area contributed by atoms with Gasteiger partial charge in [-0.1, -0.05) is 42.5 Å². The Morgan fingerprint density at radius 2 is 1.63 bits per heavy atom. The number of aliphatic imine (C=N–C) groups is 1. The lowest BCUT2D eigenvalue weighted by Crippen LogP contribution is -2.40. The zero-order chi connectivity index (χ0) is 21.1. The highest BCUT2D eigenvalue weighted by molar-refractivity contribution is 14.0. The van der Waals surface area contributed by atoms with Crippen LogP contribution < -0.4 is 15.4 Å². The molecule has 0 aromatic heterocycles. The van der Waals surface area contributed by atoms with Crippen LogP contribution in [-0.4, -0.2) is 57.6 Å². The number of rotatable bonds is 9. The third-order valence-electron chi connectivity index (χ3n) is 4.60. The molecule has 30 heavy (non-hydrogen) atoms. The number of ether oxygens (including phenoxy) is 1. The number of aryl methyl sites for hydroxylation is 1. The molecule has 164 valence electrons. The molecule has 7 heteroatoms. The molecule has 0 radical (unpaired) electrons. The molecule has 0 atom stereocenters. The van der Waals surface area contributed by atoms with Crippen LogP contribution in [0.4, 0.5) is 0 Å². The van der Waals surface area contributed by atoms with E-state index in [0.717, 1.165) is 30.7 Å². The van der Waals surface area contributed by atoms with Gasteiger partial charge in [-0.2, -0.15) is 0 Å². The number of likely N-dealkylation sites (N-methyl/N-ethyl adjacent to an activating group) is 1. The molecule has 2 aromatic carbocycles. The van der Waals surface area contributed by atoms with Crippen molar-refractivity contribution in [2.45, 2.75) is 19.8 Å². The van der Waals surface area contributed by atoms with Crippen molar-refractivity contribution in [3.8, 4) is 5.75 Å². The molecule has 2 aromatic rings. The summed E-state index contributed by atoms with van der Waals surface area (Å²) in [6, 6.07) is 16.5. The van der Waals surface area contributed by atoms with E-state index in [2.05, 4.69) is 46.0 Å². The van der Waals surface area contributed by atoms with E-state index in [1.807, 2.05) is 25.1 Å². The highest BCUT2D eigenvalue weighted by Crippen LogP contribution is 2.18. The molecular formula is C23H33IN4O2. The Balaban J connectivity index is 0.00000450. The number of amides is 1. The fourth-order valence-electron chi connectivity index (χ4n) is 2.78. The molecule has 2 rings (SSSR count). The van der Waals surface area contributed by atoms with Gasteiger partial charge in [0.15, 0.2) is 5.96 Å². The lowest BCUT2D eigenvalue weighted by molar-refractivity contribution is -0.127. The lowest BCUT2D eigenvalue weighted by Gasteiger charge is -2.14. The molecule has 2 N–H and O–H groups in total. The number of methoxy groups -OCH3 is 1. The Morgan fingerprint density at radius 1 is 1.00 bits per heavy atom. The number of halogens is 1. The van der Waals surface area contributed by atoms with E-state index in [-0.39, 0.29) is 36.4 Å². The minimum Gasteiger partial charge on any atom is -0.496 e. The van der Waals surface area contributed by atoms with Gasteiger partial charge in [-0.3, -0.25) is 4.79 Å². The number of hydrogen-bond donors (Lipinski definition) is 2. The zero-order valence-electron chi connectivity index (χ0n) is 18.3. The molecule has 0 aliphatic carbocycles. The maximum absolute atomic E-state index is 11.9. The standard InChI is InChI=1S/C23H32N4O2.HI/c1-18-10-11-20(16-21(18)29-4)13-15-25-23(26-17-22(28)27(2)3)24-14-12-19-8-6-5-7-9-19;/h5-11,16H,12-15,17H2,1-4H3,(H2,24,25,26);1H. The van der Waals surface area contributed by atoms with Crippen molar-refractivity contribution in [1.82, 2.24) is 15.5 Å². The van der Waals surface area contributed by atoms with Crippen molar-refractivity contribution in [2.75, 3.05) is 40.8 Å². The Labute approximate surface area is 197 Å². The number of guanidine groups is 1. The highest BCUT2D eigenvalue weighted by Gasteiger charge is 2.05. The summed E-state index contributed by atoms with van der Waals surface area (Å²) >= 11 is 0. The largest absolute Gasteiger partial charge is 0.496 e. The van der Waals surface area contributed by atoms with Crippen LogP contribution in [0.25, 0.3) is 0 Å². The molecule has 6 nitrogen and oxygen atoms in total. The fraction of sp³-hybridized carbons (Fsp3) is 0.391. The molecule has 0 saturated carbocycles. The predicted molar refractivity (Wildman–Crippen MR) is 134 cm³/mol. The van der Waals surface area contributed by atoms with E-state index in [0.29, 0.717) is 12.5 Å². The van der Waals surface area contributed by atoms with E-state index in [4.69, 9.17) is 4.74 Å². The van der Waals surface area contributed by atoms with Crippen LogP contribution in [0, 0.1) is 6.92 Å². The SMILES string of the molecule is COc1cc(CCNC(=NCC(=O)N(C)C)NCCc2ccccc2)ccc1C.I. The Hall–Kier alpha value is -2.29. The first-order chi connectivity index (χ1) is 14.0. The molecule has 1 amide bonds. The summed E-state index contributed by atoms with van der Waals surface area (Å²) in [6.45, 7) is 3.60. The summed E-state index contributed by atoms with van der Waals surface area (Å²) in [5.41, 5.74) is 3.57. The summed E-state index contributed by atoms with van der Waals surface area (Å²) in [7, 11) is 5.16. The molecule has 0 aliphatic heterocycles. The van der Waals surface area contributed by atoms with Gasteiger partial charge in [0.25, 0.3) is 0 Å². The van der Waals surface area contributed by atoms with E-state index < -0.39 is 0 Å². The smallest absolute Gasteiger partial charge is 0.243 e. The van der Waals surface area contributed by atoms with Crippen LogP contribution in [0.15, 0.2) is 53.5 Å². The number of carbonyl (C=O) groups is 1. The summed E-state index contributed by atoms with van der Waals surface area (Å²) in [6.07, 6.45) is 1.72. The number of benzene rings is 2. The number of nitrogens with one attached hydrogen (secondary N) is 2. The summed E-state index contributed by atoms with van der Waals surface area (Å²) in [5, 5.41) is 6.65. The van der Waals surface area contributed by atoms with Crippen molar-refractivity contribution in [3.05, 3.63) is 65.2 Å². The maximum atomic E-state index is 11.9. The number of hydrogen-bond acceptors (Lipinski definition) is 3. The third kappa shape index (κ3) is 9.02. The summed E-state index contributed by atoms with van der Waals surface area (Å²) in [5.74, 6) is 1.52. The molecular weight excluding hydrogens is 491 g/mol. The Morgan fingerprint density at radius 3 is 2.23 bits per heavy atom. The second-order valence-electron chi connectivity index (χ2n) is 7.10. The minimum absolute atomic E-state index is 0. The first-order valence-corrected chi connectivity index (χ1v) is 9.89. The van der Waals surface area contributed by atoms with Crippen molar-refractivity contribution >= 4 is 35.8 Å². The monoisotopic (exact) mass is 524 g/mol. The first kappa shape index (κ1) is 25.7. The number of nitrogens with zero attached hydrogens (tertiary/aromatic N) is 2. The van der Waals surface area contributed by atoms with Crippen molar-refractivity contribution < 1.29 is 9.53 Å². The first-order valence-electron chi connectivity index (χ1n) is 9.89. The minimum atomic E-state index is -0.0302. The van der Waals surface area contributed by atoms with Gasteiger partial charge < -0.3 is 20.3 Å². The average Bonchev–Trinajstić information content (AvgIpc) is 2.73. The van der Waals surface area contributed by atoms with Crippen molar-refractivity contribution in [3.63, 3.8) is 0 Å². The van der Waals surface area contributed by atoms with Gasteiger partial charge in [0.05, 0.1) is 7.11 Å². The fourth-order valence-corrected chi connectivity index (χ4v) is 2.78. The Bertz CT molecular complexity index is 810. The lowest BCUT2D eigenvalue weighted by atomic mass is 10.1. The van der Waals surface area contributed by atoms with Gasteiger partial charge in [-0.25, -0.2) is 4.99 Å². The van der Waals surface area contributed by atoms with Gasteiger partial charge in [-0.05, 0) is 42.5 Å². The van der Waals surface area contributed by atoms with Gasteiger partial charge in [0.1, 0.15) is 12.3 Å². The van der Waals surface area contributed by atoms with Crippen molar-refractivity contribution in [1.29, 1.82) is 0 Å². The average molecular weight is 524 g/mol. The van der Waals surface area contributed by atoms with Crippen molar-refractivity contribution in [2.24, 2.45) is 4.99 Å². The van der Waals surface area contributed by atoms with E-state index in [1.165, 1.54) is 11.1 Å². The molecule has 0 aliphatic rings. The van der Waals surface area contributed by atoms with E-state index in [1.54, 1.807) is 26.1 Å². The molecule has 0 unspecified atom stereocenters. The molecule has 0 fully saturated rings. The number of carbonyl (C=O) groups excluding carboxylic acids is 1. The van der Waals surface area contributed by atoms with E-state index in [9.17, 15) is 4.79 Å². The summed E-state index contributed by atoms with van der Waals surface area (Å²) < 4.78 is 5.40. The van der Waals surface area contributed by atoms with Gasteiger partial charge in [-0.15, -0.1) is 24.0 Å². The van der Waals surface area contributed by atoms with Gasteiger partial charge in [0.2, 0.25) is 5.91 Å². The molecule has 0 saturated heterocycles. The third-order valence-corrected chi connectivity index (χ3v) is 4.60. The van der Waals surface area contributed by atoms with Crippen LogP contribution in [0.1, 0.15) is 16.7 Å². The quantitative estimate of drug-likeness (QED) is 0.301. The van der Waals surface area contributed by atoms with Crippen LogP contribution >= 0.6 is 24.0 Å². The summed E-state index contributed by atoms with van der Waals surface area (Å²) in [4.78, 5) is 17.9. The molecule has 0 heterocycles. The second-order valence-corrected chi connectivity index (χ2v) is 7.10. The van der Waals surface area contributed by atoms with Gasteiger partial charge >= 0.3 is 0 Å². The zero-order valence-corrected chi connectivity index (χ0v) is 20.6. The topological polar surface area (TPSA) is 66.0 Å². The highest BCUT2D eigenvalue weighted by atomic mass is 127. The maximum Gasteiger partial charge on any atom is 0.243 e. The van der Waals surface area contributed by atoms with E-state index >= 15 is 0 Å². The van der Waals surface area contributed by atoms with Gasteiger partial charge in [0, 0.05) is 27.2 Å². The Kier molecular flexibility index (Phi) is 11.9.